The van der Waals surface area contributed by atoms with Crippen LogP contribution in [0.4, 0.5) is 0 Å². The van der Waals surface area contributed by atoms with Crippen molar-refractivity contribution in [3.05, 3.63) is 69.2 Å². The van der Waals surface area contributed by atoms with Crippen LogP contribution in [-0.2, 0) is 6.42 Å². The van der Waals surface area contributed by atoms with Crippen LogP contribution < -0.4 is 5.32 Å². The van der Waals surface area contributed by atoms with Gasteiger partial charge in [-0.1, -0.05) is 66.2 Å². The van der Waals surface area contributed by atoms with E-state index < -0.39 is 0 Å². The molecule has 0 aliphatic carbocycles. The predicted molar refractivity (Wildman–Crippen MR) is 94.8 cm³/mol. The number of rotatable bonds is 6. The van der Waals surface area contributed by atoms with Gasteiger partial charge in [-0.25, -0.2) is 0 Å². The summed E-state index contributed by atoms with van der Waals surface area (Å²) in [6.45, 7) is 7.57. The smallest absolute Gasteiger partial charge is 0.0576 e. The molecule has 21 heavy (non-hydrogen) atoms. The minimum absolute atomic E-state index is 0.266. The van der Waals surface area contributed by atoms with Gasteiger partial charge in [0.25, 0.3) is 0 Å². The van der Waals surface area contributed by atoms with Gasteiger partial charge in [-0.05, 0) is 54.6 Å². The Balaban J connectivity index is 2.33. The Labute approximate surface area is 136 Å². The highest BCUT2D eigenvalue weighted by molar-refractivity contribution is 9.10. The summed E-state index contributed by atoms with van der Waals surface area (Å²) in [6, 6.07) is 15.9. The van der Waals surface area contributed by atoms with E-state index in [1.54, 1.807) is 0 Å². The molecule has 0 amide bonds. The molecule has 0 aliphatic rings. The van der Waals surface area contributed by atoms with Gasteiger partial charge >= 0.3 is 0 Å². The summed E-state index contributed by atoms with van der Waals surface area (Å²) in [5.41, 5.74) is 5.33. The summed E-state index contributed by atoms with van der Waals surface area (Å²) < 4.78 is 1.17. The average Bonchev–Trinajstić information content (AvgIpc) is 2.51. The molecular formula is C19H24BrN. The molecule has 2 heteroatoms. The molecule has 0 aromatic heterocycles. The Morgan fingerprint density at radius 1 is 1.00 bits per heavy atom. The first kappa shape index (κ1) is 16.3. The second-order valence-electron chi connectivity index (χ2n) is 5.49. The molecule has 0 saturated carbocycles. The van der Waals surface area contributed by atoms with Gasteiger partial charge in [0.15, 0.2) is 0 Å². The fraction of sp³-hybridized carbons (Fsp3) is 0.368. The van der Waals surface area contributed by atoms with E-state index in [4.69, 9.17) is 0 Å². The molecule has 0 radical (unpaired) electrons. The third-order valence-corrected chi connectivity index (χ3v) is 4.72. The maximum absolute atomic E-state index is 3.67. The van der Waals surface area contributed by atoms with E-state index in [1.807, 2.05) is 0 Å². The first-order chi connectivity index (χ1) is 10.2. The fourth-order valence-corrected chi connectivity index (χ4v) is 2.76. The van der Waals surface area contributed by atoms with E-state index in [-0.39, 0.29) is 6.04 Å². The SMILES string of the molecule is CCCNC(c1ccc(CC)cc1)c1ccc(Br)c(C)c1. The summed E-state index contributed by atoms with van der Waals surface area (Å²) in [7, 11) is 0. The van der Waals surface area contributed by atoms with Crippen LogP contribution in [0.1, 0.15) is 48.6 Å². The third-order valence-electron chi connectivity index (χ3n) is 3.84. The number of benzene rings is 2. The Hall–Kier alpha value is -1.12. The van der Waals surface area contributed by atoms with Crippen LogP contribution in [0.3, 0.4) is 0 Å². The number of aryl methyl sites for hydroxylation is 2. The van der Waals surface area contributed by atoms with Crippen molar-refractivity contribution in [3.63, 3.8) is 0 Å². The molecule has 1 unspecified atom stereocenters. The molecule has 1 N–H and O–H groups in total. The summed E-state index contributed by atoms with van der Waals surface area (Å²) in [5, 5.41) is 3.67. The summed E-state index contributed by atoms with van der Waals surface area (Å²) in [6.07, 6.45) is 2.23. The fourth-order valence-electron chi connectivity index (χ4n) is 2.51. The van der Waals surface area contributed by atoms with Crippen molar-refractivity contribution in [1.82, 2.24) is 5.32 Å². The first-order valence-electron chi connectivity index (χ1n) is 7.74. The van der Waals surface area contributed by atoms with Crippen LogP contribution in [0.15, 0.2) is 46.9 Å². The Bertz CT molecular complexity index is 575. The minimum Gasteiger partial charge on any atom is -0.306 e. The monoisotopic (exact) mass is 345 g/mol. The molecule has 2 aromatic rings. The lowest BCUT2D eigenvalue weighted by atomic mass is 9.96. The maximum Gasteiger partial charge on any atom is 0.0576 e. The largest absolute Gasteiger partial charge is 0.306 e. The maximum atomic E-state index is 3.67. The molecule has 0 heterocycles. The third kappa shape index (κ3) is 4.18. The zero-order valence-electron chi connectivity index (χ0n) is 13.1. The molecule has 0 spiro atoms. The lowest BCUT2D eigenvalue weighted by Gasteiger charge is -2.21. The quantitative estimate of drug-likeness (QED) is 0.737. The van der Waals surface area contributed by atoms with E-state index in [0.29, 0.717) is 0 Å². The van der Waals surface area contributed by atoms with Gasteiger partial charge in [0.2, 0.25) is 0 Å². The van der Waals surface area contributed by atoms with Crippen LogP contribution in [0.5, 0.6) is 0 Å². The van der Waals surface area contributed by atoms with Crippen molar-refractivity contribution in [2.24, 2.45) is 0 Å². The lowest BCUT2D eigenvalue weighted by molar-refractivity contribution is 0.598. The summed E-state index contributed by atoms with van der Waals surface area (Å²) in [4.78, 5) is 0. The van der Waals surface area contributed by atoms with E-state index in [9.17, 15) is 0 Å². The Kier molecular flexibility index (Phi) is 6.01. The minimum atomic E-state index is 0.266. The topological polar surface area (TPSA) is 12.0 Å². The number of hydrogen-bond donors (Lipinski definition) is 1. The van der Waals surface area contributed by atoms with Gasteiger partial charge < -0.3 is 5.32 Å². The number of nitrogens with one attached hydrogen (secondary N) is 1. The average molecular weight is 346 g/mol. The van der Waals surface area contributed by atoms with Crippen molar-refractivity contribution >= 4 is 15.9 Å². The van der Waals surface area contributed by atoms with Crippen molar-refractivity contribution < 1.29 is 0 Å². The Morgan fingerprint density at radius 3 is 2.24 bits per heavy atom. The highest BCUT2D eigenvalue weighted by atomic mass is 79.9. The molecular weight excluding hydrogens is 322 g/mol. The molecule has 0 bridgehead atoms. The van der Waals surface area contributed by atoms with Gasteiger partial charge in [-0.15, -0.1) is 0 Å². The van der Waals surface area contributed by atoms with E-state index in [2.05, 4.69) is 84.5 Å². The standard InChI is InChI=1S/C19H24BrN/c1-4-12-21-19(16-8-6-15(5-2)7-9-16)17-10-11-18(20)14(3)13-17/h6-11,13,19,21H,4-5,12H2,1-3H3. The molecule has 0 fully saturated rings. The molecule has 0 aliphatic heterocycles. The molecule has 2 aromatic carbocycles. The molecule has 2 rings (SSSR count). The van der Waals surface area contributed by atoms with Crippen molar-refractivity contribution in [2.75, 3.05) is 6.54 Å². The van der Waals surface area contributed by atoms with Gasteiger partial charge in [-0.2, -0.15) is 0 Å². The van der Waals surface area contributed by atoms with Crippen LogP contribution in [-0.4, -0.2) is 6.54 Å². The Morgan fingerprint density at radius 2 is 1.67 bits per heavy atom. The van der Waals surface area contributed by atoms with E-state index in [1.165, 1.54) is 26.7 Å². The highest BCUT2D eigenvalue weighted by Crippen LogP contribution is 2.26. The van der Waals surface area contributed by atoms with Crippen LogP contribution >= 0.6 is 15.9 Å². The van der Waals surface area contributed by atoms with Crippen LogP contribution in [0, 0.1) is 6.92 Å². The number of hydrogen-bond acceptors (Lipinski definition) is 1. The second kappa shape index (κ2) is 7.77. The van der Waals surface area contributed by atoms with Gasteiger partial charge in [0, 0.05) is 4.47 Å². The van der Waals surface area contributed by atoms with Crippen molar-refractivity contribution in [3.8, 4) is 0 Å². The van der Waals surface area contributed by atoms with Gasteiger partial charge in [0.1, 0.15) is 0 Å². The zero-order chi connectivity index (χ0) is 15.2. The van der Waals surface area contributed by atoms with Crippen molar-refractivity contribution in [1.29, 1.82) is 0 Å². The lowest BCUT2D eigenvalue weighted by Crippen LogP contribution is -2.23. The molecule has 112 valence electrons. The van der Waals surface area contributed by atoms with Gasteiger partial charge in [0.05, 0.1) is 6.04 Å². The van der Waals surface area contributed by atoms with Crippen LogP contribution in [0.2, 0.25) is 0 Å². The second-order valence-corrected chi connectivity index (χ2v) is 6.35. The number of halogens is 1. The predicted octanol–water partition coefficient (Wildman–Crippen LogP) is 5.41. The van der Waals surface area contributed by atoms with E-state index in [0.717, 1.165) is 19.4 Å². The summed E-state index contributed by atoms with van der Waals surface area (Å²) in [5.74, 6) is 0. The zero-order valence-corrected chi connectivity index (χ0v) is 14.7. The van der Waals surface area contributed by atoms with E-state index >= 15 is 0 Å². The normalized spacial score (nSPS) is 12.4. The van der Waals surface area contributed by atoms with Gasteiger partial charge in [-0.3, -0.25) is 0 Å². The van der Waals surface area contributed by atoms with Crippen molar-refractivity contribution in [2.45, 2.75) is 39.7 Å². The molecule has 0 saturated heterocycles. The first-order valence-corrected chi connectivity index (χ1v) is 8.53. The van der Waals surface area contributed by atoms with Crippen LogP contribution in [0.25, 0.3) is 0 Å². The summed E-state index contributed by atoms with van der Waals surface area (Å²) >= 11 is 3.59. The molecule has 1 nitrogen and oxygen atoms in total. The highest BCUT2D eigenvalue weighted by Gasteiger charge is 2.14. The molecule has 1 atom stereocenters.